The Hall–Kier alpha value is -1.13. The molecule has 1 aliphatic rings. The maximum atomic E-state index is 14.2. The molecule has 0 bridgehead atoms. The van der Waals surface area contributed by atoms with Crippen molar-refractivity contribution in [1.29, 1.82) is 0 Å². The van der Waals surface area contributed by atoms with Crippen LogP contribution in [-0.4, -0.2) is 32.3 Å². The SMILES string of the molecule is CCCNCc1c(F)cccc1N(CC)CC1CCCO1. The van der Waals surface area contributed by atoms with E-state index in [-0.39, 0.29) is 11.9 Å². The van der Waals surface area contributed by atoms with Gasteiger partial charge in [0.25, 0.3) is 0 Å². The zero-order valence-corrected chi connectivity index (χ0v) is 13.2. The van der Waals surface area contributed by atoms with Crippen LogP contribution in [0.4, 0.5) is 10.1 Å². The van der Waals surface area contributed by atoms with Crippen molar-refractivity contribution in [2.24, 2.45) is 0 Å². The van der Waals surface area contributed by atoms with Crippen LogP contribution in [-0.2, 0) is 11.3 Å². The minimum absolute atomic E-state index is 0.123. The number of likely N-dealkylation sites (N-methyl/N-ethyl adjacent to an activating group) is 1. The zero-order valence-electron chi connectivity index (χ0n) is 13.2. The molecule has 0 saturated carbocycles. The smallest absolute Gasteiger partial charge is 0.129 e. The molecule has 1 aromatic carbocycles. The third-order valence-electron chi connectivity index (χ3n) is 3.99. The van der Waals surface area contributed by atoms with Gasteiger partial charge in [-0.3, -0.25) is 0 Å². The van der Waals surface area contributed by atoms with Crippen LogP contribution in [0, 0.1) is 5.82 Å². The third-order valence-corrected chi connectivity index (χ3v) is 3.99. The lowest BCUT2D eigenvalue weighted by Gasteiger charge is -2.28. The molecule has 1 heterocycles. The van der Waals surface area contributed by atoms with Crippen LogP contribution in [0.5, 0.6) is 0 Å². The second-order valence-corrected chi connectivity index (χ2v) is 5.59. The van der Waals surface area contributed by atoms with E-state index in [9.17, 15) is 4.39 Å². The highest BCUT2D eigenvalue weighted by atomic mass is 19.1. The van der Waals surface area contributed by atoms with E-state index < -0.39 is 0 Å². The summed E-state index contributed by atoms with van der Waals surface area (Å²) in [4.78, 5) is 2.24. The summed E-state index contributed by atoms with van der Waals surface area (Å²) in [5, 5.41) is 3.31. The molecule has 0 amide bonds. The summed E-state index contributed by atoms with van der Waals surface area (Å²) in [6.45, 7) is 8.29. The highest BCUT2D eigenvalue weighted by Gasteiger charge is 2.21. The van der Waals surface area contributed by atoms with E-state index in [2.05, 4.69) is 24.1 Å². The van der Waals surface area contributed by atoms with Crippen molar-refractivity contribution < 1.29 is 9.13 Å². The van der Waals surface area contributed by atoms with Crippen molar-refractivity contribution >= 4 is 5.69 Å². The first-order valence-corrected chi connectivity index (χ1v) is 8.10. The molecular weight excluding hydrogens is 267 g/mol. The fourth-order valence-electron chi connectivity index (χ4n) is 2.84. The first-order chi connectivity index (χ1) is 10.3. The van der Waals surface area contributed by atoms with Crippen molar-refractivity contribution in [1.82, 2.24) is 5.32 Å². The fraction of sp³-hybridized carbons (Fsp3) is 0.647. The summed E-state index contributed by atoms with van der Waals surface area (Å²) < 4.78 is 19.9. The molecule has 118 valence electrons. The second-order valence-electron chi connectivity index (χ2n) is 5.59. The van der Waals surface area contributed by atoms with E-state index in [0.717, 1.165) is 56.8 Å². The van der Waals surface area contributed by atoms with Gasteiger partial charge in [-0.25, -0.2) is 4.39 Å². The van der Waals surface area contributed by atoms with Crippen LogP contribution < -0.4 is 10.2 Å². The van der Waals surface area contributed by atoms with E-state index in [1.54, 1.807) is 12.1 Å². The lowest BCUT2D eigenvalue weighted by Crippen LogP contribution is -2.33. The van der Waals surface area contributed by atoms with Gasteiger partial charge in [-0.2, -0.15) is 0 Å². The summed E-state index contributed by atoms with van der Waals surface area (Å²) in [7, 11) is 0. The van der Waals surface area contributed by atoms with Gasteiger partial charge in [0.05, 0.1) is 6.10 Å². The number of anilines is 1. The van der Waals surface area contributed by atoms with Crippen molar-refractivity contribution in [3.63, 3.8) is 0 Å². The number of rotatable bonds is 8. The number of nitrogens with one attached hydrogen (secondary N) is 1. The van der Waals surface area contributed by atoms with Gasteiger partial charge in [0.1, 0.15) is 5.82 Å². The number of hydrogen-bond acceptors (Lipinski definition) is 3. The molecule has 4 heteroatoms. The largest absolute Gasteiger partial charge is 0.376 e. The van der Waals surface area contributed by atoms with Crippen LogP contribution in [0.25, 0.3) is 0 Å². The van der Waals surface area contributed by atoms with Gasteiger partial charge in [0.2, 0.25) is 0 Å². The molecule has 0 aliphatic carbocycles. The van der Waals surface area contributed by atoms with E-state index in [4.69, 9.17) is 4.74 Å². The third kappa shape index (κ3) is 4.42. The predicted molar refractivity (Wildman–Crippen MR) is 85.3 cm³/mol. The van der Waals surface area contributed by atoms with Crippen LogP contribution in [0.2, 0.25) is 0 Å². The molecule has 0 radical (unpaired) electrons. The molecule has 1 saturated heterocycles. The van der Waals surface area contributed by atoms with Gasteiger partial charge < -0.3 is 15.0 Å². The van der Waals surface area contributed by atoms with Crippen LogP contribution in [0.1, 0.15) is 38.7 Å². The zero-order chi connectivity index (χ0) is 15.1. The normalized spacial score (nSPS) is 18.1. The summed E-state index contributed by atoms with van der Waals surface area (Å²) in [6.07, 6.45) is 3.58. The first-order valence-electron chi connectivity index (χ1n) is 8.10. The van der Waals surface area contributed by atoms with Crippen molar-refractivity contribution in [2.45, 2.75) is 45.8 Å². The predicted octanol–water partition coefficient (Wildman–Crippen LogP) is 3.33. The minimum atomic E-state index is -0.123. The first kappa shape index (κ1) is 16.2. The van der Waals surface area contributed by atoms with E-state index in [0.29, 0.717) is 6.54 Å². The molecule has 2 rings (SSSR count). The Balaban J connectivity index is 2.12. The van der Waals surface area contributed by atoms with Gasteiger partial charge in [-0.15, -0.1) is 0 Å². The molecule has 1 atom stereocenters. The monoisotopic (exact) mass is 294 g/mol. The molecule has 1 aromatic rings. The van der Waals surface area contributed by atoms with Gasteiger partial charge in [-0.1, -0.05) is 13.0 Å². The van der Waals surface area contributed by atoms with Gasteiger partial charge in [0.15, 0.2) is 0 Å². The molecule has 3 nitrogen and oxygen atoms in total. The minimum Gasteiger partial charge on any atom is -0.376 e. The second kappa shape index (κ2) is 8.35. The van der Waals surface area contributed by atoms with E-state index in [1.165, 1.54) is 0 Å². The van der Waals surface area contributed by atoms with Gasteiger partial charge in [-0.05, 0) is 44.9 Å². The van der Waals surface area contributed by atoms with Crippen LogP contribution >= 0.6 is 0 Å². The standard InChI is InChI=1S/C17H27FN2O/c1-3-10-19-12-15-16(18)8-5-9-17(15)20(4-2)13-14-7-6-11-21-14/h5,8-9,14,19H,3-4,6-7,10-13H2,1-2H3. The number of benzene rings is 1. The average molecular weight is 294 g/mol. The Morgan fingerprint density at radius 1 is 1.38 bits per heavy atom. The molecule has 0 spiro atoms. The Morgan fingerprint density at radius 2 is 2.24 bits per heavy atom. The maximum Gasteiger partial charge on any atom is 0.129 e. The Morgan fingerprint density at radius 3 is 2.90 bits per heavy atom. The van der Waals surface area contributed by atoms with Crippen LogP contribution in [0.15, 0.2) is 18.2 Å². The molecule has 1 aliphatic heterocycles. The average Bonchev–Trinajstić information content (AvgIpc) is 3.00. The quantitative estimate of drug-likeness (QED) is 0.744. The molecule has 21 heavy (non-hydrogen) atoms. The molecule has 1 fully saturated rings. The Labute approximate surface area is 127 Å². The Bertz CT molecular complexity index is 433. The molecule has 1 N–H and O–H groups in total. The topological polar surface area (TPSA) is 24.5 Å². The maximum absolute atomic E-state index is 14.2. The number of halogens is 1. The summed E-state index contributed by atoms with van der Waals surface area (Å²) in [6, 6.07) is 5.36. The van der Waals surface area contributed by atoms with E-state index >= 15 is 0 Å². The van der Waals surface area contributed by atoms with E-state index in [1.807, 2.05) is 6.07 Å². The summed E-state index contributed by atoms with van der Waals surface area (Å²) in [5.41, 5.74) is 1.77. The fourth-order valence-corrected chi connectivity index (χ4v) is 2.84. The van der Waals surface area contributed by atoms with Crippen molar-refractivity contribution in [2.75, 3.05) is 31.1 Å². The van der Waals surface area contributed by atoms with Crippen LogP contribution in [0.3, 0.4) is 0 Å². The highest BCUT2D eigenvalue weighted by Crippen LogP contribution is 2.25. The Kier molecular flexibility index (Phi) is 6.46. The molecule has 0 aromatic heterocycles. The summed E-state index contributed by atoms with van der Waals surface area (Å²) in [5.74, 6) is -0.123. The van der Waals surface area contributed by atoms with Crippen molar-refractivity contribution in [3.05, 3.63) is 29.6 Å². The molecule has 1 unspecified atom stereocenters. The number of hydrogen-bond donors (Lipinski definition) is 1. The number of ether oxygens (including phenoxy) is 1. The summed E-state index contributed by atoms with van der Waals surface area (Å²) >= 11 is 0. The van der Waals surface area contributed by atoms with Crippen molar-refractivity contribution in [3.8, 4) is 0 Å². The lowest BCUT2D eigenvalue weighted by atomic mass is 10.1. The highest BCUT2D eigenvalue weighted by molar-refractivity contribution is 5.54. The number of nitrogens with zero attached hydrogens (tertiary/aromatic N) is 1. The lowest BCUT2D eigenvalue weighted by molar-refractivity contribution is 0.115. The van der Waals surface area contributed by atoms with Gasteiger partial charge in [0, 0.05) is 37.5 Å². The van der Waals surface area contributed by atoms with Gasteiger partial charge >= 0.3 is 0 Å². The molecular formula is C17H27FN2O.